The molecule has 11 heteroatoms. The zero-order chi connectivity index (χ0) is 24.9. The Morgan fingerprint density at radius 3 is 2.77 bits per heavy atom. The minimum atomic E-state index is -0.482. The van der Waals surface area contributed by atoms with Gasteiger partial charge in [0.2, 0.25) is 0 Å². The van der Waals surface area contributed by atoms with Gasteiger partial charge in [-0.3, -0.25) is 14.9 Å². The highest BCUT2D eigenvalue weighted by Gasteiger charge is 2.14. The van der Waals surface area contributed by atoms with Crippen LogP contribution in [0.3, 0.4) is 0 Å². The largest absolute Gasteiger partial charge is 0.493 e. The lowest BCUT2D eigenvalue weighted by Gasteiger charge is -2.14. The number of nitro groups is 1. The van der Waals surface area contributed by atoms with E-state index in [4.69, 9.17) is 9.47 Å². The molecule has 0 unspecified atom stereocenters. The molecule has 3 aromatic carbocycles. The van der Waals surface area contributed by atoms with Crippen LogP contribution in [0.2, 0.25) is 0 Å². The number of ether oxygens (including phenoxy) is 2. The number of hydrazone groups is 1. The number of carbonyl (C=O) groups is 1. The Morgan fingerprint density at radius 1 is 1.23 bits per heavy atom. The summed E-state index contributed by atoms with van der Waals surface area (Å²) in [6.07, 6.45) is 1.43. The van der Waals surface area contributed by atoms with Crippen molar-refractivity contribution in [3.05, 3.63) is 97.1 Å². The Balaban J connectivity index is 1.45. The maximum absolute atomic E-state index is 13.9. The number of rotatable bonds is 8. The third-order valence-corrected chi connectivity index (χ3v) is 6.60. The first-order chi connectivity index (χ1) is 16.9. The van der Waals surface area contributed by atoms with Crippen LogP contribution in [-0.4, -0.2) is 24.2 Å². The van der Waals surface area contributed by atoms with Crippen LogP contribution in [0.1, 0.15) is 20.8 Å². The maximum Gasteiger partial charge on any atom is 0.281 e. The van der Waals surface area contributed by atoms with Crippen LogP contribution >= 0.6 is 27.3 Å². The minimum absolute atomic E-state index is 0.0173. The van der Waals surface area contributed by atoms with Gasteiger partial charge in [0, 0.05) is 27.8 Å². The van der Waals surface area contributed by atoms with Crippen LogP contribution in [0.4, 0.5) is 10.1 Å². The molecule has 0 aliphatic carbocycles. The van der Waals surface area contributed by atoms with Crippen LogP contribution in [-0.2, 0) is 6.61 Å². The smallest absolute Gasteiger partial charge is 0.281 e. The second-order valence-corrected chi connectivity index (χ2v) is 9.14. The van der Waals surface area contributed by atoms with E-state index in [1.165, 1.54) is 42.9 Å². The lowest BCUT2D eigenvalue weighted by Crippen LogP contribution is -2.16. The summed E-state index contributed by atoms with van der Waals surface area (Å²) in [5, 5.41) is 15.5. The highest BCUT2D eigenvalue weighted by molar-refractivity contribution is 9.10. The first-order valence-corrected chi connectivity index (χ1v) is 11.7. The van der Waals surface area contributed by atoms with Gasteiger partial charge >= 0.3 is 0 Å². The molecule has 35 heavy (non-hydrogen) atoms. The summed E-state index contributed by atoms with van der Waals surface area (Å²) in [5.74, 6) is -0.00850. The SMILES string of the molecule is COc1cc(/C=N\NC(=O)c2cc3cc([N+](=O)[O-])ccc3s2)cc(Br)c1OCc1ccccc1F. The topological polar surface area (TPSA) is 103 Å². The summed E-state index contributed by atoms with van der Waals surface area (Å²) in [5.41, 5.74) is 3.43. The van der Waals surface area contributed by atoms with Crippen molar-refractivity contribution in [1.82, 2.24) is 5.43 Å². The van der Waals surface area contributed by atoms with Gasteiger partial charge in [0.05, 0.1) is 27.6 Å². The van der Waals surface area contributed by atoms with E-state index in [9.17, 15) is 19.3 Å². The first-order valence-electron chi connectivity index (χ1n) is 10.1. The Labute approximate surface area is 211 Å². The fraction of sp³-hybridized carbons (Fsp3) is 0.0833. The Hall–Kier alpha value is -3.83. The molecule has 1 N–H and O–H groups in total. The van der Waals surface area contributed by atoms with Crippen LogP contribution in [0.15, 0.2) is 70.2 Å². The quantitative estimate of drug-likeness (QED) is 0.161. The molecular formula is C24H17BrFN3O5S. The van der Waals surface area contributed by atoms with Crippen LogP contribution in [0.5, 0.6) is 11.5 Å². The number of amides is 1. The molecule has 0 bridgehead atoms. The average molecular weight is 558 g/mol. The third-order valence-electron chi connectivity index (χ3n) is 4.90. The van der Waals surface area contributed by atoms with Gasteiger partial charge in [-0.25, -0.2) is 9.82 Å². The number of fused-ring (bicyclic) bond motifs is 1. The van der Waals surface area contributed by atoms with Gasteiger partial charge in [-0.05, 0) is 51.8 Å². The highest BCUT2D eigenvalue weighted by Crippen LogP contribution is 2.37. The number of non-ortho nitro benzene ring substituents is 1. The van der Waals surface area contributed by atoms with Gasteiger partial charge in [0.1, 0.15) is 12.4 Å². The number of benzene rings is 3. The number of methoxy groups -OCH3 is 1. The molecule has 1 heterocycles. The second kappa shape index (κ2) is 10.6. The van der Waals surface area contributed by atoms with Gasteiger partial charge in [-0.15, -0.1) is 11.3 Å². The second-order valence-electron chi connectivity index (χ2n) is 7.20. The highest BCUT2D eigenvalue weighted by atomic mass is 79.9. The fourth-order valence-electron chi connectivity index (χ4n) is 3.20. The molecule has 4 aromatic rings. The molecule has 0 fully saturated rings. The molecule has 0 atom stereocenters. The van der Waals surface area contributed by atoms with Gasteiger partial charge < -0.3 is 9.47 Å². The summed E-state index contributed by atoms with van der Waals surface area (Å²) in [4.78, 5) is 23.3. The van der Waals surface area contributed by atoms with E-state index >= 15 is 0 Å². The first kappa shape index (κ1) is 24.3. The van der Waals surface area contributed by atoms with Crippen molar-refractivity contribution in [1.29, 1.82) is 0 Å². The number of carbonyl (C=O) groups excluding carboxylic acids is 1. The number of halogens is 2. The number of nitrogens with one attached hydrogen (secondary N) is 1. The van der Waals surface area contributed by atoms with E-state index in [0.29, 0.717) is 37.4 Å². The van der Waals surface area contributed by atoms with Crippen molar-refractivity contribution >= 4 is 55.2 Å². The van der Waals surface area contributed by atoms with E-state index in [-0.39, 0.29) is 18.1 Å². The number of nitro benzene ring substituents is 1. The summed E-state index contributed by atoms with van der Waals surface area (Å²) in [7, 11) is 1.48. The van der Waals surface area contributed by atoms with Crippen molar-refractivity contribution in [2.75, 3.05) is 7.11 Å². The van der Waals surface area contributed by atoms with Crippen molar-refractivity contribution in [2.45, 2.75) is 6.61 Å². The summed E-state index contributed by atoms with van der Waals surface area (Å²) >= 11 is 4.64. The predicted molar refractivity (Wildman–Crippen MR) is 135 cm³/mol. The van der Waals surface area contributed by atoms with Crippen molar-refractivity contribution in [3.63, 3.8) is 0 Å². The number of nitrogens with zero attached hydrogens (tertiary/aromatic N) is 2. The Kier molecular flexibility index (Phi) is 7.37. The standard InChI is InChI=1S/C24H17BrFN3O5S/c1-33-20-9-14(8-18(25)23(20)34-13-15-4-2-3-5-19(15)26)12-27-28-24(30)22-11-16-10-17(29(31)32)6-7-21(16)35-22/h2-12H,13H2,1H3,(H,28,30)/b27-12-. The molecule has 8 nitrogen and oxygen atoms in total. The molecule has 0 aliphatic rings. The van der Waals surface area contributed by atoms with Gasteiger partial charge in [-0.1, -0.05) is 18.2 Å². The molecule has 4 rings (SSSR count). The van der Waals surface area contributed by atoms with E-state index in [1.807, 2.05) is 0 Å². The zero-order valence-electron chi connectivity index (χ0n) is 18.2. The van der Waals surface area contributed by atoms with Crippen LogP contribution in [0, 0.1) is 15.9 Å². The summed E-state index contributed by atoms with van der Waals surface area (Å²) < 4.78 is 26.4. The summed E-state index contributed by atoms with van der Waals surface area (Å²) in [6, 6.07) is 15.7. The maximum atomic E-state index is 13.9. The third kappa shape index (κ3) is 5.64. The average Bonchev–Trinajstić information content (AvgIpc) is 3.27. The van der Waals surface area contributed by atoms with Gasteiger partial charge in [0.25, 0.3) is 11.6 Å². The summed E-state index contributed by atoms with van der Waals surface area (Å²) in [6.45, 7) is 0.0173. The molecule has 0 saturated carbocycles. The predicted octanol–water partition coefficient (Wildman–Crippen LogP) is 6.06. The Bertz CT molecular complexity index is 1460. The molecule has 0 spiro atoms. The van der Waals surface area contributed by atoms with E-state index in [1.54, 1.807) is 42.5 Å². The molecule has 1 aromatic heterocycles. The molecule has 0 radical (unpaired) electrons. The van der Waals surface area contributed by atoms with Crippen molar-refractivity contribution in [2.24, 2.45) is 5.10 Å². The van der Waals surface area contributed by atoms with E-state index < -0.39 is 10.8 Å². The van der Waals surface area contributed by atoms with Crippen LogP contribution < -0.4 is 14.9 Å². The van der Waals surface area contributed by atoms with Gasteiger partial charge in [-0.2, -0.15) is 5.10 Å². The fourth-order valence-corrected chi connectivity index (χ4v) is 4.70. The zero-order valence-corrected chi connectivity index (χ0v) is 20.6. The normalized spacial score (nSPS) is 11.1. The lowest BCUT2D eigenvalue weighted by atomic mass is 10.2. The molecule has 0 aliphatic heterocycles. The molecule has 1 amide bonds. The Morgan fingerprint density at radius 2 is 2.03 bits per heavy atom. The van der Waals surface area contributed by atoms with Crippen molar-refractivity contribution < 1.29 is 23.6 Å². The molecule has 178 valence electrons. The van der Waals surface area contributed by atoms with Crippen LogP contribution in [0.25, 0.3) is 10.1 Å². The van der Waals surface area contributed by atoms with Crippen molar-refractivity contribution in [3.8, 4) is 11.5 Å². The van der Waals surface area contributed by atoms with E-state index in [2.05, 4.69) is 26.5 Å². The number of hydrogen-bond donors (Lipinski definition) is 1. The molecule has 0 saturated heterocycles. The monoisotopic (exact) mass is 557 g/mol. The number of hydrogen-bond acceptors (Lipinski definition) is 7. The van der Waals surface area contributed by atoms with Gasteiger partial charge in [0.15, 0.2) is 11.5 Å². The number of thiophene rings is 1. The minimum Gasteiger partial charge on any atom is -0.493 e. The lowest BCUT2D eigenvalue weighted by molar-refractivity contribution is -0.384. The molecular weight excluding hydrogens is 541 g/mol. The van der Waals surface area contributed by atoms with E-state index in [0.717, 1.165) is 4.70 Å².